The molecule has 28 heavy (non-hydrogen) atoms. The summed E-state index contributed by atoms with van der Waals surface area (Å²) >= 11 is 0. The minimum atomic E-state index is -0.489. The topological polar surface area (TPSA) is 85.6 Å². The number of carbonyl (C=O) groups excluding carboxylic acids is 1. The van der Waals surface area contributed by atoms with Gasteiger partial charge in [-0.15, -0.1) is 0 Å². The van der Waals surface area contributed by atoms with Gasteiger partial charge in [0.2, 0.25) is 0 Å². The first kappa shape index (κ1) is 19.3. The van der Waals surface area contributed by atoms with E-state index in [2.05, 4.69) is 15.6 Å². The number of nitrogens with zero attached hydrogens (tertiary/aromatic N) is 3. The van der Waals surface area contributed by atoms with Crippen molar-refractivity contribution in [1.29, 1.82) is 0 Å². The van der Waals surface area contributed by atoms with Gasteiger partial charge in [-0.05, 0) is 39.0 Å². The summed E-state index contributed by atoms with van der Waals surface area (Å²) in [4.78, 5) is 25.0. The summed E-state index contributed by atoms with van der Waals surface area (Å²) in [6, 6.07) is 14.3. The molecule has 0 aliphatic carbocycles. The van der Waals surface area contributed by atoms with Crippen molar-refractivity contribution in [1.82, 2.24) is 15.2 Å². The molecule has 3 rings (SSSR count). The number of hydrazone groups is 1. The molecule has 0 atom stereocenters. The molecule has 2 aromatic carbocycles. The fourth-order valence-electron chi connectivity index (χ4n) is 2.78. The monoisotopic (exact) mass is 378 g/mol. The summed E-state index contributed by atoms with van der Waals surface area (Å²) < 4.78 is 7.00. The van der Waals surface area contributed by atoms with Crippen molar-refractivity contribution in [2.24, 2.45) is 5.10 Å². The third kappa shape index (κ3) is 4.09. The summed E-state index contributed by atoms with van der Waals surface area (Å²) in [5.74, 6) is 0.190. The minimum Gasteiger partial charge on any atom is -0.490 e. The number of nitrogens with one attached hydrogen (secondary N) is 1. The van der Waals surface area contributed by atoms with Gasteiger partial charge in [-0.1, -0.05) is 30.3 Å². The molecule has 1 N–H and O–H groups in total. The van der Waals surface area contributed by atoms with Crippen molar-refractivity contribution in [2.75, 3.05) is 0 Å². The number of aryl methyl sites for hydroxylation is 1. The molecular weight excluding hydrogens is 356 g/mol. The van der Waals surface area contributed by atoms with Crippen LogP contribution in [0.4, 0.5) is 0 Å². The molecule has 0 aliphatic heterocycles. The van der Waals surface area contributed by atoms with Crippen molar-refractivity contribution >= 4 is 22.9 Å². The van der Waals surface area contributed by atoms with Gasteiger partial charge in [-0.2, -0.15) is 10.2 Å². The highest BCUT2D eigenvalue weighted by atomic mass is 16.5. The Morgan fingerprint density at radius 3 is 2.57 bits per heavy atom. The molecule has 3 aromatic rings. The van der Waals surface area contributed by atoms with Gasteiger partial charge in [-0.25, -0.2) is 10.1 Å². The van der Waals surface area contributed by atoms with E-state index in [-0.39, 0.29) is 17.4 Å². The largest absolute Gasteiger partial charge is 0.490 e. The van der Waals surface area contributed by atoms with Gasteiger partial charge < -0.3 is 4.74 Å². The lowest BCUT2D eigenvalue weighted by atomic mass is 10.1. The second-order valence-electron chi connectivity index (χ2n) is 6.42. The third-order valence-electron chi connectivity index (χ3n) is 4.03. The SMILES string of the molecule is CCn1nc(C(=O)N/N=C/c2ccccc2OC(C)C)c2ccccc2c1=O. The van der Waals surface area contributed by atoms with Gasteiger partial charge in [0.15, 0.2) is 5.69 Å². The molecule has 0 bridgehead atoms. The predicted octanol–water partition coefficient (Wildman–Crippen LogP) is 2.97. The summed E-state index contributed by atoms with van der Waals surface area (Å²) in [6.07, 6.45) is 1.54. The van der Waals surface area contributed by atoms with Crippen LogP contribution in [0.1, 0.15) is 36.8 Å². The zero-order chi connectivity index (χ0) is 20.1. The molecule has 0 saturated carbocycles. The number of rotatable bonds is 6. The van der Waals surface area contributed by atoms with Gasteiger partial charge in [0, 0.05) is 17.5 Å². The molecule has 0 unspecified atom stereocenters. The molecule has 1 aromatic heterocycles. The number of hydrogen-bond acceptors (Lipinski definition) is 5. The van der Waals surface area contributed by atoms with E-state index in [1.807, 2.05) is 38.1 Å². The molecule has 1 heterocycles. The first-order valence-corrected chi connectivity index (χ1v) is 9.10. The van der Waals surface area contributed by atoms with E-state index in [1.165, 1.54) is 10.9 Å². The van der Waals surface area contributed by atoms with E-state index in [0.717, 1.165) is 5.56 Å². The standard InChI is InChI=1S/C21H22N4O3/c1-4-25-21(27)17-11-7-6-10-16(17)19(24-25)20(26)23-22-13-15-9-5-8-12-18(15)28-14(2)3/h5-14H,4H2,1-3H3,(H,23,26)/b22-13+. The molecule has 0 aliphatic rings. The maximum absolute atomic E-state index is 12.7. The molecular formula is C21H22N4O3. The van der Waals surface area contributed by atoms with E-state index in [4.69, 9.17) is 4.74 Å². The maximum atomic E-state index is 12.7. The molecule has 7 heteroatoms. The normalized spacial score (nSPS) is 11.3. The van der Waals surface area contributed by atoms with Crippen LogP contribution in [0.15, 0.2) is 58.4 Å². The predicted molar refractivity (Wildman–Crippen MR) is 109 cm³/mol. The fourth-order valence-corrected chi connectivity index (χ4v) is 2.78. The van der Waals surface area contributed by atoms with Crippen molar-refractivity contribution in [3.05, 3.63) is 70.1 Å². The lowest BCUT2D eigenvalue weighted by Crippen LogP contribution is -2.28. The Labute approximate surface area is 162 Å². The number of ether oxygens (including phenoxy) is 1. The van der Waals surface area contributed by atoms with E-state index in [1.54, 1.807) is 31.2 Å². The van der Waals surface area contributed by atoms with Crippen LogP contribution in [0.3, 0.4) is 0 Å². The maximum Gasteiger partial charge on any atom is 0.292 e. The lowest BCUT2D eigenvalue weighted by Gasteiger charge is -2.11. The van der Waals surface area contributed by atoms with Crippen LogP contribution in [0.2, 0.25) is 0 Å². The molecule has 0 fully saturated rings. The van der Waals surface area contributed by atoms with Crippen LogP contribution in [-0.4, -0.2) is 28.0 Å². The van der Waals surface area contributed by atoms with Crippen LogP contribution < -0.4 is 15.7 Å². The number of amides is 1. The van der Waals surface area contributed by atoms with Gasteiger partial charge in [0.25, 0.3) is 11.5 Å². The summed E-state index contributed by atoms with van der Waals surface area (Å²) in [7, 11) is 0. The molecule has 0 saturated heterocycles. The van der Waals surface area contributed by atoms with E-state index in [0.29, 0.717) is 23.1 Å². The lowest BCUT2D eigenvalue weighted by molar-refractivity contribution is 0.0949. The first-order chi connectivity index (χ1) is 13.5. The quantitative estimate of drug-likeness (QED) is 0.528. The molecule has 144 valence electrons. The van der Waals surface area contributed by atoms with Crippen LogP contribution in [-0.2, 0) is 6.54 Å². The highest BCUT2D eigenvalue weighted by molar-refractivity contribution is 6.05. The number of carbonyl (C=O) groups is 1. The molecule has 1 amide bonds. The highest BCUT2D eigenvalue weighted by Crippen LogP contribution is 2.17. The van der Waals surface area contributed by atoms with Crippen LogP contribution >= 0.6 is 0 Å². The van der Waals surface area contributed by atoms with Crippen molar-refractivity contribution < 1.29 is 9.53 Å². The summed E-state index contributed by atoms with van der Waals surface area (Å²) in [5.41, 5.74) is 3.16. The second-order valence-corrected chi connectivity index (χ2v) is 6.42. The Kier molecular flexibility index (Phi) is 5.84. The number of para-hydroxylation sites is 1. The van der Waals surface area contributed by atoms with Gasteiger partial charge >= 0.3 is 0 Å². The van der Waals surface area contributed by atoms with Crippen LogP contribution in [0.25, 0.3) is 10.8 Å². The van der Waals surface area contributed by atoms with E-state index < -0.39 is 5.91 Å². The van der Waals surface area contributed by atoms with Gasteiger partial charge in [-0.3, -0.25) is 9.59 Å². The Morgan fingerprint density at radius 1 is 1.18 bits per heavy atom. The molecule has 0 spiro atoms. The zero-order valence-electron chi connectivity index (χ0n) is 16.0. The van der Waals surface area contributed by atoms with E-state index in [9.17, 15) is 9.59 Å². The van der Waals surface area contributed by atoms with Crippen molar-refractivity contribution in [2.45, 2.75) is 33.4 Å². The van der Waals surface area contributed by atoms with Crippen molar-refractivity contribution in [3.63, 3.8) is 0 Å². The number of benzene rings is 2. The molecule has 7 nitrogen and oxygen atoms in total. The zero-order valence-corrected chi connectivity index (χ0v) is 16.0. The number of hydrogen-bond donors (Lipinski definition) is 1. The van der Waals surface area contributed by atoms with Gasteiger partial charge in [0.05, 0.1) is 17.7 Å². The Balaban J connectivity index is 1.88. The average molecular weight is 378 g/mol. The van der Waals surface area contributed by atoms with Crippen molar-refractivity contribution in [3.8, 4) is 5.75 Å². The third-order valence-corrected chi connectivity index (χ3v) is 4.03. The van der Waals surface area contributed by atoms with E-state index >= 15 is 0 Å². The fraction of sp³-hybridized carbons (Fsp3) is 0.238. The van der Waals surface area contributed by atoms with Gasteiger partial charge in [0.1, 0.15) is 5.75 Å². The smallest absolute Gasteiger partial charge is 0.292 e. The van der Waals surface area contributed by atoms with Crippen LogP contribution in [0, 0.1) is 0 Å². The Morgan fingerprint density at radius 2 is 1.86 bits per heavy atom. The number of aromatic nitrogens is 2. The second kappa shape index (κ2) is 8.47. The summed E-state index contributed by atoms with van der Waals surface area (Å²) in [6.45, 7) is 6.05. The first-order valence-electron chi connectivity index (χ1n) is 9.10. The Hall–Kier alpha value is -3.48. The Bertz CT molecular complexity index is 1090. The minimum absolute atomic E-state index is 0.0230. The number of fused-ring (bicyclic) bond motifs is 1. The van der Waals surface area contributed by atoms with Crippen LogP contribution in [0.5, 0.6) is 5.75 Å². The highest BCUT2D eigenvalue weighted by Gasteiger charge is 2.15. The average Bonchev–Trinajstić information content (AvgIpc) is 2.69. The molecule has 0 radical (unpaired) electrons. The summed E-state index contributed by atoms with van der Waals surface area (Å²) in [5, 5.41) is 9.18.